The summed E-state index contributed by atoms with van der Waals surface area (Å²) in [6.45, 7) is 1.14. The van der Waals surface area contributed by atoms with Gasteiger partial charge in [-0.2, -0.15) is 13.2 Å². The number of rotatable bonds is 2. The third-order valence-electron chi connectivity index (χ3n) is 3.88. The molecule has 3 aromatic rings. The highest BCUT2D eigenvalue weighted by atomic mass is 35.5. The Morgan fingerprint density at radius 3 is 2.56 bits per heavy atom. The molecule has 2 aromatic heterocycles. The fourth-order valence-electron chi connectivity index (χ4n) is 2.71. The Balaban J connectivity index is 2.28. The lowest BCUT2D eigenvalue weighted by atomic mass is 10.1. The number of hydrogen-bond donors (Lipinski definition) is 0. The summed E-state index contributed by atoms with van der Waals surface area (Å²) in [5.74, 6) is -0.609. The van der Waals surface area contributed by atoms with E-state index >= 15 is 0 Å². The number of aryl methyl sites for hydroxylation is 2. The minimum Gasteiger partial charge on any atom is -0.268 e. The molecule has 25 heavy (non-hydrogen) atoms. The number of hydrogen-bond acceptors (Lipinski definition) is 2. The zero-order chi connectivity index (χ0) is 18.5. The van der Waals surface area contributed by atoms with Crippen molar-refractivity contribution in [1.82, 2.24) is 14.3 Å². The van der Waals surface area contributed by atoms with Gasteiger partial charge in [0.25, 0.3) is 5.56 Å². The molecule has 2 heterocycles. The Morgan fingerprint density at radius 2 is 1.92 bits per heavy atom. The van der Waals surface area contributed by atoms with Crippen LogP contribution in [0.1, 0.15) is 16.8 Å². The van der Waals surface area contributed by atoms with Crippen molar-refractivity contribution in [2.45, 2.75) is 19.6 Å². The summed E-state index contributed by atoms with van der Waals surface area (Å²) in [7, 11) is 1.40. The highest BCUT2D eigenvalue weighted by Crippen LogP contribution is 2.33. The van der Waals surface area contributed by atoms with Crippen molar-refractivity contribution in [1.29, 1.82) is 0 Å². The van der Waals surface area contributed by atoms with Gasteiger partial charge in [-0.15, -0.1) is 0 Å². The highest BCUT2D eigenvalue weighted by molar-refractivity contribution is 6.30. The topological polar surface area (TPSA) is 39.8 Å². The number of halogens is 5. The van der Waals surface area contributed by atoms with E-state index in [4.69, 9.17) is 11.6 Å². The van der Waals surface area contributed by atoms with Crippen LogP contribution in [0.2, 0.25) is 5.02 Å². The molecule has 0 fully saturated rings. The van der Waals surface area contributed by atoms with Gasteiger partial charge in [0.05, 0.1) is 17.5 Å². The van der Waals surface area contributed by atoms with Crippen LogP contribution in [-0.2, 0) is 19.8 Å². The van der Waals surface area contributed by atoms with Crippen LogP contribution in [0.3, 0.4) is 0 Å². The van der Waals surface area contributed by atoms with Gasteiger partial charge in [0.1, 0.15) is 5.82 Å². The first-order valence-electron chi connectivity index (χ1n) is 7.18. The van der Waals surface area contributed by atoms with E-state index < -0.39 is 28.5 Å². The first-order chi connectivity index (χ1) is 11.6. The van der Waals surface area contributed by atoms with Crippen molar-refractivity contribution in [2.75, 3.05) is 0 Å². The summed E-state index contributed by atoms with van der Waals surface area (Å²) in [6, 6.07) is 4.63. The summed E-state index contributed by atoms with van der Waals surface area (Å²) in [4.78, 5) is 16.6. The lowest BCUT2D eigenvalue weighted by Crippen LogP contribution is -2.23. The largest absolute Gasteiger partial charge is 0.417 e. The summed E-state index contributed by atoms with van der Waals surface area (Å²) in [5, 5.41) is -0.281. The van der Waals surface area contributed by atoms with Gasteiger partial charge in [-0.1, -0.05) is 11.6 Å². The average molecular weight is 374 g/mol. The molecule has 0 amide bonds. The van der Waals surface area contributed by atoms with E-state index in [9.17, 15) is 22.4 Å². The van der Waals surface area contributed by atoms with Gasteiger partial charge in [0.2, 0.25) is 0 Å². The number of fused-ring (bicyclic) bond motifs is 1. The molecule has 0 aliphatic rings. The number of aromatic nitrogens is 3. The van der Waals surface area contributed by atoms with Crippen molar-refractivity contribution in [3.8, 4) is 0 Å². The van der Waals surface area contributed by atoms with Gasteiger partial charge in [-0.25, -0.2) is 14.1 Å². The van der Waals surface area contributed by atoms with Crippen LogP contribution in [0.25, 0.3) is 11.0 Å². The Bertz CT molecular complexity index is 1040. The molecule has 0 radical (unpaired) electrons. The maximum absolute atomic E-state index is 13.9. The van der Waals surface area contributed by atoms with E-state index in [1.807, 2.05) is 0 Å². The van der Waals surface area contributed by atoms with Crippen molar-refractivity contribution in [2.24, 2.45) is 7.05 Å². The summed E-state index contributed by atoms with van der Waals surface area (Å²) in [6.07, 6.45) is -4.70. The first-order valence-corrected chi connectivity index (χ1v) is 7.55. The molecule has 0 N–H and O–H groups in total. The molecular weight excluding hydrogens is 362 g/mol. The van der Waals surface area contributed by atoms with Gasteiger partial charge in [0, 0.05) is 23.3 Å². The van der Waals surface area contributed by atoms with Gasteiger partial charge in [0.15, 0.2) is 5.65 Å². The van der Waals surface area contributed by atoms with Gasteiger partial charge < -0.3 is 0 Å². The SMILES string of the molecule is Cc1cc(C(F)(F)F)c2c(=O)n(Cc3cc(Cl)ccc3F)n(C)c2n1. The molecule has 0 saturated carbocycles. The lowest BCUT2D eigenvalue weighted by Gasteiger charge is -2.09. The van der Waals surface area contributed by atoms with Gasteiger partial charge >= 0.3 is 6.18 Å². The Hall–Kier alpha value is -2.35. The number of alkyl halides is 3. The highest BCUT2D eigenvalue weighted by Gasteiger charge is 2.36. The molecule has 1 aromatic carbocycles. The second-order valence-electron chi connectivity index (χ2n) is 5.63. The maximum Gasteiger partial charge on any atom is 0.417 e. The molecule has 3 rings (SSSR count). The molecule has 0 atom stereocenters. The molecule has 132 valence electrons. The normalized spacial score (nSPS) is 12.1. The van der Waals surface area contributed by atoms with Crippen LogP contribution < -0.4 is 5.56 Å². The molecule has 4 nitrogen and oxygen atoms in total. The molecule has 0 aliphatic heterocycles. The second-order valence-corrected chi connectivity index (χ2v) is 6.07. The van der Waals surface area contributed by atoms with Crippen LogP contribution in [-0.4, -0.2) is 14.3 Å². The quantitative estimate of drug-likeness (QED) is 0.639. The smallest absolute Gasteiger partial charge is 0.268 e. The monoisotopic (exact) mass is 373 g/mol. The molecule has 0 spiro atoms. The van der Waals surface area contributed by atoms with Crippen LogP contribution in [0.4, 0.5) is 17.6 Å². The predicted octanol–water partition coefficient (Wildman–Crippen LogP) is 3.90. The average Bonchev–Trinajstić information content (AvgIpc) is 2.74. The van der Waals surface area contributed by atoms with Crippen molar-refractivity contribution in [3.63, 3.8) is 0 Å². The van der Waals surface area contributed by atoms with E-state index in [-0.39, 0.29) is 28.5 Å². The molecule has 0 unspecified atom stereocenters. The minimum absolute atomic E-state index is 0.0887. The van der Waals surface area contributed by atoms with Gasteiger partial charge in [-0.05, 0) is 31.2 Å². The predicted molar refractivity (Wildman–Crippen MR) is 85.2 cm³/mol. The second kappa shape index (κ2) is 5.87. The number of pyridine rings is 1. The molecular formula is C16H12ClF4N3O. The van der Waals surface area contributed by atoms with Crippen molar-refractivity contribution < 1.29 is 17.6 Å². The number of benzene rings is 1. The molecule has 0 bridgehead atoms. The van der Waals surface area contributed by atoms with Crippen LogP contribution in [0, 0.1) is 12.7 Å². The maximum atomic E-state index is 13.9. The van der Waals surface area contributed by atoms with E-state index in [1.165, 1.54) is 30.8 Å². The fourth-order valence-corrected chi connectivity index (χ4v) is 2.90. The lowest BCUT2D eigenvalue weighted by molar-refractivity contribution is -0.136. The standard InChI is InChI=1S/C16H12ClF4N3O/c1-8-5-11(16(19,20)21)13-14(22-8)23(2)24(15(13)25)7-9-6-10(17)3-4-12(9)18/h3-6H,7H2,1-2H3. The fraction of sp³-hybridized carbons (Fsp3) is 0.250. The van der Waals surface area contributed by atoms with E-state index in [1.54, 1.807) is 0 Å². The molecule has 9 heteroatoms. The van der Waals surface area contributed by atoms with Crippen LogP contribution in [0.5, 0.6) is 0 Å². The first kappa shape index (κ1) is 17.5. The Labute approximate surface area is 144 Å². The third-order valence-corrected chi connectivity index (χ3v) is 4.11. The summed E-state index contributed by atoms with van der Waals surface area (Å²) < 4.78 is 56.0. The van der Waals surface area contributed by atoms with E-state index in [0.29, 0.717) is 0 Å². The minimum atomic E-state index is -4.70. The van der Waals surface area contributed by atoms with E-state index in [0.717, 1.165) is 16.8 Å². The summed E-state index contributed by atoms with van der Waals surface area (Å²) >= 11 is 5.83. The number of nitrogens with zero attached hydrogens (tertiary/aromatic N) is 3. The summed E-state index contributed by atoms with van der Waals surface area (Å²) in [5.41, 5.74) is -1.84. The Morgan fingerprint density at radius 1 is 1.24 bits per heavy atom. The third kappa shape index (κ3) is 3.02. The van der Waals surface area contributed by atoms with E-state index in [2.05, 4.69) is 4.98 Å². The van der Waals surface area contributed by atoms with Crippen LogP contribution >= 0.6 is 11.6 Å². The molecule has 0 aliphatic carbocycles. The Kier molecular flexibility index (Phi) is 4.10. The van der Waals surface area contributed by atoms with Crippen molar-refractivity contribution in [3.05, 3.63) is 62.3 Å². The zero-order valence-corrected chi connectivity index (χ0v) is 13.9. The van der Waals surface area contributed by atoms with Crippen molar-refractivity contribution >= 4 is 22.6 Å². The molecule has 0 saturated heterocycles. The van der Waals surface area contributed by atoms with Gasteiger partial charge in [-0.3, -0.25) is 9.48 Å². The van der Waals surface area contributed by atoms with Crippen LogP contribution in [0.15, 0.2) is 29.1 Å². The zero-order valence-electron chi connectivity index (χ0n) is 13.2.